The molecule has 1 heterocycles. The molecule has 3 nitrogen and oxygen atoms in total. The molecular formula is C15H18N2OS. The highest BCUT2D eigenvalue weighted by Crippen LogP contribution is 2.45. The van der Waals surface area contributed by atoms with Gasteiger partial charge in [0.1, 0.15) is 6.10 Å². The number of nitrogens with two attached hydrogens (primary N) is 1. The Kier molecular flexibility index (Phi) is 3.17. The smallest absolute Gasteiger partial charge is 0.104 e. The van der Waals surface area contributed by atoms with Crippen molar-refractivity contribution in [3.05, 3.63) is 51.5 Å². The Hall–Kier alpha value is -1.23. The molecule has 1 aliphatic rings. The van der Waals surface area contributed by atoms with Crippen molar-refractivity contribution in [1.29, 1.82) is 0 Å². The Morgan fingerprint density at radius 3 is 2.47 bits per heavy atom. The Morgan fingerprint density at radius 1 is 1.37 bits per heavy atom. The topological polar surface area (TPSA) is 59.1 Å². The van der Waals surface area contributed by atoms with Crippen LogP contribution < -0.4 is 5.73 Å². The third-order valence-corrected chi connectivity index (χ3v) is 4.90. The summed E-state index contributed by atoms with van der Waals surface area (Å²) in [6.45, 7) is 2.43. The van der Waals surface area contributed by atoms with Crippen LogP contribution in [0.4, 0.5) is 0 Å². The number of benzene rings is 1. The van der Waals surface area contributed by atoms with Gasteiger partial charge in [-0.05, 0) is 30.9 Å². The largest absolute Gasteiger partial charge is 0.386 e. The zero-order chi connectivity index (χ0) is 13.5. The minimum atomic E-state index is -0.588. The summed E-state index contributed by atoms with van der Waals surface area (Å²) in [5.41, 5.74) is 9.08. The van der Waals surface area contributed by atoms with E-state index in [-0.39, 0.29) is 5.41 Å². The summed E-state index contributed by atoms with van der Waals surface area (Å²) in [4.78, 5) is 4.42. The van der Waals surface area contributed by atoms with Crippen LogP contribution in [-0.4, -0.2) is 16.6 Å². The molecule has 3 N–H and O–H groups in total. The van der Waals surface area contributed by atoms with Gasteiger partial charge in [-0.3, -0.25) is 0 Å². The number of aryl methyl sites for hydroxylation is 1. The molecule has 0 saturated heterocycles. The van der Waals surface area contributed by atoms with Gasteiger partial charge in [0.05, 0.1) is 10.7 Å². The second-order valence-corrected chi connectivity index (χ2v) is 6.44. The van der Waals surface area contributed by atoms with Crippen LogP contribution in [0.3, 0.4) is 0 Å². The van der Waals surface area contributed by atoms with Crippen LogP contribution in [0.25, 0.3) is 0 Å². The van der Waals surface area contributed by atoms with Crippen LogP contribution >= 0.6 is 11.3 Å². The van der Waals surface area contributed by atoms with Gasteiger partial charge in [0.25, 0.3) is 0 Å². The number of nitrogens with zero attached hydrogens (tertiary/aromatic N) is 1. The average molecular weight is 274 g/mol. The van der Waals surface area contributed by atoms with E-state index >= 15 is 0 Å². The monoisotopic (exact) mass is 274 g/mol. The van der Waals surface area contributed by atoms with Crippen molar-refractivity contribution in [2.45, 2.75) is 25.9 Å². The molecule has 1 aromatic heterocycles. The van der Waals surface area contributed by atoms with Crippen molar-refractivity contribution in [3.63, 3.8) is 0 Å². The number of aliphatic hydroxyl groups excluding tert-OH is 1. The maximum Gasteiger partial charge on any atom is 0.104 e. The predicted molar refractivity (Wildman–Crippen MR) is 77.1 cm³/mol. The summed E-state index contributed by atoms with van der Waals surface area (Å²) in [7, 11) is 0. The van der Waals surface area contributed by atoms with Gasteiger partial charge in [0.2, 0.25) is 0 Å². The fourth-order valence-electron chi connectivity index (χ4n) is 2.99. The van der Waals surface area contributed by atoms with E-state index in [9.17, 15) is 5.11 Å². The van der Waals surface area contributed by atoms with Gasteiger partial charge in [-0.15, -0.1) is 11.3 Å². The van der Waals surface area contributed by atoms with Crippen molar-refractivity contribution in [1.82, 2.24) is 4.98 Å². The lowest BCUT2D eigenvalue weighted by Gasteiger charge is -2.32. The van der Waals surface area contributed by atoms with Gasteiger partial charge in [0.15, 0.2) is 0 Å². The Morgan fingerprint density at radius 2 is 2.00 bits per heavy atom. The van der Waals surface area contributed by atoms with E-state index in [4.69, 9.17) is 5.73 Å². The van der Waals surface area contributed by atoms with Crippen LogP contribution in [0.2, 0.25) is 0 Å². The van der Waals surface area contributed by atoms with Gasteiger partial charge in [-0.1, -0.05) is 24.3 Å². The molecule has 19 heavy (non-hydrogen) atoms. The molecule has 4 heteroatoms. The normalized spacial score (nSPS) is 18.3. The molecular weight excluding hydrogens is 256 g/mol. The minimum Gasteiger partial charge on any atom is -0.386 e. The Labute approximate surface area is 117 Å². The number of aromatic nitrogens is 1. The third-order valence-electron chi connectivity index (χ3n) is 4.11. The van der Waals surface area contributed by atoms with Crippen LogP contribution in [0.1, 0.15) is 27.9 Å². The zero-order valence-electron chi connectivity index (χ0n) is 11.0. The van der Waals surface area contributed by atoms with Crippen LogP contribution in [0, 0.1) is 12.3 Å². The van der Waals surface area contributed by atoms with E-state index in [0.717, 1.165) is 23.5 Å². The first-order valence-electron chi connectivity index (χ1n) is 6.51. The molecule has 1 unspecified atom stereocenters. The summed E-state index contributed by atoms with van der Waals surface area (Å²) in [5.74, 6) is 0. The van der Waals surface area contributed by atoms with Gasteiger partial charge >= 0.3 is 0 Å². The summed E-state index contributed by atoms with van der Waals surface area (Å²) in [6.07, 6.45) is 1.07. The number of fused-ring (bicyclic) bond motifs is 1. The molecule has 0 amide bonds. The van der Waals surface area contributed by atoms with E-state index in [0.29, 0.717) is 6.54 Å². The van der Waals surface area contributed by atoms with Gasteiger partial charge in [-0.25, -0.2) is 4.98 Å². The number of thiazole rings is 1. The number of hydrogen-bond donors (Lipinski definition) is 2. The number of rotatable bonds is 3. The SMILES string of the molecule is Cc1nc(C(O)C2(CN)Cc3ccccc3C2)cs1. The van der Waals surface area contributed by atoms with Gasteiger partial charge in [0, 0.05) is 17.3 Å². The first kappa shape index (κ1) is 12.8. The lowest BCUT2D eigenvalue weighted by atomic mass is 9.78. The van der Waals surface area contributed by atoms with E-state index in [2.05, 4.69) is 17.1 Å². The predicted octanol–water partition coefficient (Wildman–Crippen LogP) is 2.23. The highest BCUT2D eigenvalue weighted by molar-refractivity contribution is 7.09. The standard InChI is InChI=1S/C15H18N2OS/c1-10-17-13(8-19-10)14(18)15(9-16)6-11-4-2-3-5-12(11)7-15/h2-5,8,14,18H,6-7,9,16H2,1H3. The summed E-state index contributed by atoms with van der Waals surface area (Å²) in [6, 6.07) is 8.35. The molecule has 0 radical (unpaired) electrons. The van der Waals surface area contributed by atoms with Crippen LogP contribution in [-0.2, 0) is 12.8 Å². The second kappa shape index (κ2) is 4.71. The fraction of sp³-hybridized carbons (Fsp3) is 0.400. The molecule has 0 fully saturated rings. The molecule has 0 aliphatic heterocycles. The summed E-state index contributed by atoms with van der Waals surface area (Å²) in [5, 5.41) is 13.6. The summed E-state index contributed by atoms with van der Waals surface area (Å²) >= 11 is 1.57. The Balaban J connectivity index is 1.94. The fourth-order valence-corrected chi connectivity index (χ4v) is 3.62. The van der Waals surface area contributed by atoms with Crippen LogP contribution in [0.5, 0.6) is 0 Å². The first-order valence-corrected chi connectivity index (χ1v) is 7.39. The summed E-state index contributed by atoms with van der Waals surface area (Å²) < 4.78 is 0. The van der Waals surface area contributed by atoms with Crippen molar-refractivity contribution < 1.29 is 5.11 Å². The lowest BCUT2D eigenvalue weighted by molar-refractivity contribution is 0.0328. The third kappa shape index (κ3) is 2.10. The van der Waals surface area contributed by atoms with Crippen molar-refractivity contribution in [3.8, 4) is 0 Å². The maximum absolute atomic E-state index is 10.7. The first-order chi connectivity index (χ1) is 9.14. The number of aliphatic hydroxyl groups is 1. The van der Waals surface area contributed by atoms with Crippen molar-refractivity contribution in [2.75, 3.05) is 6.54 Å². The Bertz CT molecular complexity index is 568. The molecule has 0 bridgehead atoms. The molecule has 100 valence electrons. The molecule has 3 rings (SSSR count). The van der Waals surface area contributed by atoms with Crippen molar-refractivity contribution in [2.24, 2.45) is 11.1 Å². The van der Waals surface area contributed by atoms with Crippen LogP contribution in [0.15, 0.2) is 29.6 Å². The van der Waals surface area contributed by atoms with Gasteiger partial charge < -0.3 is 10.8 Å². The molecule has 0 spiro atoms. The van der Waals surface area contributed by atoms with E-state index < -0.39 is 6.10 Å². The van der Waals surface area contributed by atoms with E-state index in [1.54, 1.807) is 11.3 Å². The highest BCUT2D eigenvalue weighted by Gasteiger charge is 2.43. The molecule has 0 saturated carbocycles. The zero-order valence-corrected chi connectivity index (χ0v) is 11.8. The number of hydrogen-bond acceptors (Lipinski definition) is 4. The minimum absolute atomic E-state index is 0.301. The lowest BCUT2D eigenvalue weighted by Crippen LogP contribution is -2.37. The second-order valence-electron chi connectivity index (χ2n) is 5.38. The van der Waals surface area contributed by atoms with Gasteiger partial charge in [-0.2, -0.15) is 0 Å². The molecule has 1 aromatic carbocycles. The van der Waals surface area contributed by atoms with E-state index in [1.807, 2.05) is 24.4 Å². The molecule has 1 aliphatic carbocycles. The van der Waals surface area contributed by atoms with E-state index in [1.165, 1.54) is 11.1 Å². The quantitative estimate of drug-likeness (QED) is 0.902. The highest BCUT2D eigenvalue weighted by atomic mass is 32.1. The van der Waals surface area contributed by atoms with Crippen molar-refractivity contribution >= 4 is 11.3 Å². The maximum atomic E-state index is 10.7. The molecule has 1 atom stereocenters. The molecule has 2 aromatic rings. The average Bonchev–Trinajstić information content (AvgIpc) is 3.01.